The van der Waals surface area contributed by atoms with Crippen molar-refractivity contribution >= 4 is 15.9 Å². The van der Waals surface area contributed by atoms with Gasteiger partial charge in [-0.15, -0.1) is 0 Å². The molecule has 1 N–H and O–H groups in total. The summed E-state index contributed by atoms with van der Waals surface area (Å²) in [5, 5.41) is 3.50. The van der Waals surface area contributed by atoms with E-state index in [4.69, 9.17) is 0 Å². The molecule has 1 aliphatic carbocycles. The van der Waals surface area contributed by atoms with Crippen LogP contribution >= 0.6 is 15.9 Å². The van der Waals surface area contributed by atoms with Crippen molar-refractivity contribution in [2.24, 2.45) is 5.92 Å². The van der Waals surface area contributed by atoms with E-state index in [2.05, 4.69) is 28.2 Å². The van der Waals surface area contributed by atoms with Gasteiger partial charge >= 0.3 is 0 Å². The SMILES string of the molecule is CCCNCC1CCCCC1c1cc(Br)ccc1F. The Hall–Kier alpha value is -0.410. The smallest absolute Gasteiger partial charge is 0.126 e. The van der Waals surface area contributed by atoms with Crippen LogP contribution in [-0.2, 0) is 0 Å². The molecule has 0 aromatic heterocycles. The molecule has 0 radical (unpaired) electrons. The summed E-state index contributed by atoms with van der Waals surface area (Å²) in [4.78, 5) is 0. The van der Waals surface area contributed by atoms with Gasteiger partial charge < -0.3 is 5.32 Å². The van der Waals surface area contributed by atoms with Gasteiger partial charge in [-0.05, 0) is 68.0 Å². The number of hydrogen-bond donors (Lipinski definition) is 1. The minimum absolute atomic E-state index is 0.0457. The fourth-order valence-electron chi connectivity index (χ4n) is 3.12. The van der Waals surface area contributed by atoms with Crippen LogP contribution in [0.5, 0.6) is 0 Å². The standard InChI is InChI=1S/C16H23BrFN/c1-2-9-19-11-12-5-3-4-6-14(12)15-10-13(17)7-8-16(15)18/h7-8,10,12,14,19H,2-6,9,11H2,1H3. The summed E-state index contributed by atoms with van der Waals surface area (Å²) in [6, 6.07) is 5.34. The Labute approximate surface area is 124 Å². The van der Waals surface area contributed by atoms with Crippen molar-refractivity contribution in [3.05, 3.63) is 34.1 Å². The highest BCUT2D eigenvalue weighted by molar-refractivity contribution is 9.10. The normalized spacial score (nSPS) is 23.5. The van der Waals surface area contributed by atoms with E-state index in [-0.39, 0.29) is 5.82 Å². The molecule has 0 amide bonds. The molecule has 1 aromatic carbocycles. The molecular formula is C16H23BrFN. The molecule has 2 atom stereocenters. The van der Waals surface area contributed by atoms with Crippen LogP contribution in [0.25, 0.3) is 0 Å². The van der Waals surface area contributed by atoms with Crippen molar-refractivity contribution in [2.45, 2.75) is 44.9 Å². The Kier molecular flexibility index (Phi) is 5.83. The van der Waals surface area contributed by atoms with E-state index in [1.165, 1.54) is 19.3 Å². The number of rotatable bonds is 5. The molecule has 1 fully saturated rings. The van der Waals surface area contributed by atoms with E-state index < -0.39 is 0 Å². The van der Waals surface area contributed by atoms with Gasteiger partial charge in [0.2, 0.25) is 0 Å². The first-order chi connectivity index (χ1) is 9.22. The molecule has 0 aliphatic heterocycles. The first kappa shape index (κ1) is 15.0. The highest BCUT2D eigenvalue weighted by Crippen LogP contribution is 2.39. The monoisotopic (exact) mass is 327 g/mol. The molecule has 2 rings (SSSR count). The molecular weight excluding hydrogens is 305 g/mol. The van der Waals surface area contributed by atoms with Crippen molar-refractivity contribution < 1.29 is 4.39 Å². The molecule has 1 saturated carbocycles. The number of hydrogen-bond acceptors (Lipinski definition) is 1. The quantitative estimate of drug-likeness (QED) is 0.761. The van der Waals surface area contributed by atoms with Crippen LogP contribution in [0.1, 0.15) is 50.5 Å². The van der Waals surface area contributed by atoms with Crippen molar-refractivity contribution in [3.8, 4) is 0 Å². The maximum Gasteiger partial charge on any atom is 0.126 e. The Balaban J connectivity index is 2.11. The Morgan fingerprint density at radius 1 is 1.32 bits per heavy atom. The van der Waals surface area contributed by atoms with E-state index in [0.29, 0.717) is 11.8 Å². The van der Waals surface area contributed by atoms with E-state index in [1.54, 1.807) is 12.1 Å². The van der Waals surface area contributed by atoms with E-state index >= 15 is 0 Å². The molecule has 2 unspecified atom stereocenters. The predicted octanol–water partition coefficient (Wildman–Crippen LogP) is 4.86. The van der Waals surface area contributed by atoms with Crippen LogP contribution in [0.2, 0.25) is 0 Å². The Bertz CT molecular complexity index is 408. The molecule has 1 aromatic rings. The summed E-state index contributed by atoms with van der Waals surface area (Å²) >= 11 is 3.46. The molecule has 19 heavy (non-hydrogen) atoms. The van der Waals surface area contributed by atoms with Crippen LogP contribution in [0, 0.1) is 11.7 Å². The summed E-state index contributed by atoms with van der Waals surface area (Å²) in [6.45, 7) is 4.26. The van der Waals surface area contributed by atoms with Gasteiger partial charge in [-0.3, -0.25) is 0 Å². The van der Waals surface area contributed by atoms with Crippen LogP contribution in [0.4, 0.5) is 4.39 Å². The van der Waals surface area contributed by atoms with Gasteiger partial charge in [0.15, 0.2) is 0 Å². The zero-order valence-electron chi connectivity index (χ0n) is 11.6. The zero-order valence-corrected chi connectivity index (χ0v) is 13.2. The van der Waals surface area contributed by atoms with Crippen molar-refractivity contribution in [3.63, 3.8) is 0 Å². The number of nitrogens with one attached hydrogen (secondary N) is 1. The van der Waals surface area contributed by atoms with Crippen molar-refractivity contribution in [1.29, 1.82) is 0 Å². The third kappa shape index (κ3) is 4.03. The van der Waals surface area contributed by atoms with Gasteiger partial charge in [0.05, 0.1) is 0 Å². The third-order valence-electron chi connectivity index (χ3n) is 4.10. The zero-order chi connectivity index (χ0) is 13.7. The molecule has 1 nitrogen and oxygen atoms in total. The largest absolute Gasteiger partial charge is 0.316 e. The van der Waals surface area contributed by atoms with Crippen LogP contribution in [0.3, 0.4) is 0 Å². The lowest BCUT2D eigenvalue weighted by Crippen LogP contribution is -2.30. The lowest BCUT2D eigenvalue weighted by molar-refractivity contribution is 0.290. The number of halogens is 2. The molecule has 3 heteroatoms. The first-order valence-corrected chi connectivity index (χ1v) is 8.17. The Morgan fingerprint density at radius 2 is 2.11 bits per heavy atom. The van der Waals surface area contributed by atoms with Gasteiger partial charge in [-0.1, -0.05) is 35.7 Å². The molecule has 0 heterocycles. The second-order valence-corrected chi connectivity index (χ2v) is 6.44. The van der Waals surface area contributed by atoms with E-state index in [1.807, 2.05) is 6.07 Å². The fraction of sp³-hybridized carbons (Fsp3) is 0.625. The van der Waals surface area contributed by atoms with E-state index in [0.717, 1.165) is 36.0 Å². The average Bonchev–Trinajstić information content (AvgIpc) is 2.42. The Morgan fingerprint density at radius 3 is 2.89 bits per heavy atom. The molecule has 106 valence electrons. The predicted molar refractivity (Wildman–Crippen MR) is 82.0 cm³/mol. The second kappa shape index (κ2) is 7.39. The summed E-state index contributed by atoms with van der Waals surface area (Å²) < 4.78 is 15.1. The van der Waals surface area contributed by atoms with Crippen LogP contribution in [0.15, 0.2) is 22.7 Å². The maximum absolute atomic E-state index is 14.1. The summed E-state index contributed by atoms with van der Waals surface area (Å²) in [5.74, 6) is 0.898. The third-order valence-corrected chi connectivity index (χ3v) is 4.59. The van der Waals surface area contributed by atoms with Gasteiger partial charge in [-0.2, -0.15) is 0 Å². The van der Waals surface area contributed by atoms with Crippen molar-refractivity contribution in [2.75, 3.05) is 13.1 Å². The number of benzene rings is 1. The lowest BCUT2D eigenvalue weighted by Gasteiger charge is -2.32. The molecule has 0 spiro atoms. The van der Waals surface area contributed by atoms with Gasteiger partial charge in [0, 0.05) is 4.47 Å². The first-order valence-electron chi connectivity index (χ1n) is 7.38. The van der Waals surface area contributed by atoms with E-state index in [9.17, 15) is 4.39 Å². The lowest BCUT2D eigenvalue weighted by atomic mass is 9.75. The van der Waals surface area contributed by atoms with Gasteiger partial charge in [0.25, 0.3) is 0 Å². The van der Waals surface area contributed by atoms with Crippen LogP contribution in [-0.4, -0.2) is 13.1 Å². The average molecular weight is 328 g/mol. The minimum atomic E-state index is -0.0457. The topological polar surface area (TPSA) is 12.0 Å². The molecule has 0 bridgehead atoms. The summed E-state index contributed by atoms with van der Waals surface area (Å²) in [6.07, 6.45) is 5.99. The summed E-state index contributed by atoms with van der Waals surface area (Å²) in [7, 11) is 0. The van der Waals surface area contributed by atoms with Crippen LogP contribution < -0.4 is 5.32 Å². The second-order valence-electron chi connectivity index (χ2n) is 5.52. The van der Waals surface area contributed by atoms with Gasteiger partial charge in [0.1, 0.15) is 5.82 Å². The van der Waals surface area contributed by atoms with Crippen molar-refractivity contribution in [1.82, 2.24) is 5.32 Å². The highest BCUT2D eigenvalue weighted by Gasteiger charge is 2.28. The summed E-state index contributed by atoms with van der Waals surface area (Å²) in [5.41, 5.74) is 0.900. The molecule has 0 saturated heterocycles. The highest BCUT2D eigenvalue weighted by atomic mass is 79.9. The maximum atomic E-state index is 14.1. The minimum Gasteiger partial charge on any atom is -0.316 e. The molecule has 1 aliphatic rings. The van der Waals surface area contributed by atoms with Gasteiger partial charge in [-0.25, -0.2) is 4.39 Å². The fourth-order valence-corrected chi connectivity index (χ4v) is 3.50.